The molecule has 0 amide bonds. The minimum Gasteiger partial charge on any atom is -0.411 e. The summed E-state index contributed by atoms with van der Waals surface area (Å²) in [5.41, 5.74) is -0.0873. The van der Waals surface area contributed by atoms with Gasteiger partial charge in [0.2, 0.25) is 0 Å². The van der Waals surface area contributed by atoms with Crippen LogP contribution in [0.4, 0.5) is 13.2 Å². The van der Waals surface area contributed by atoms with Crippen LogP contribution >= 0.6 is 0 Å². The molecule has 2 nitrogen and oxygen atoms in total. The van der Waals surface area contributed by atoms with E-state index in [1.807, 2.05) is 0 Å². The van der Waals surface area contributed by atoms with Gasteiger partial charge in [0.25, 0.3) is 0 Å². The van der Waals surface area contributed by atoms with Crippen LogP contribution in [0.3, 0.4) is 0 Å². The largest absolute Gasteiger partial charge is 0.416 e. The van der Waals surface area contributed by atoms with E-state index in [1.165, 1.54) is 12.1 Å². The first-order valence-corrected chi connectivity index (χ1v) is 6.37. The van der Waals surface area contributed by atoms with Gasteiger partial charge in [-0.05, 0) is 30.5 Å². The maximum atomic E-state index is 12.6. The van der Waals surface area contributed by atoms with E-state index in [1.54, 1.807) is 0 Å². The molecule has 1 rings (SSSR count). The van der Waals surface area contributed by atoms with Crippen LogP contribution in [0.2, 0.25) is 0 Å². The lowest BCUT2D eigenvalue weighted by Crippen LogP contribution is -2.08. The van der Waals surface area contributed by atoms with Gasteiger partial charge in [0, 0.05) is 0 Å². The van der Waals surface area contributed by atoms with Crippen LogP contribution in [0.15, 0.2) is 29.4 Å². The summed E-state index contributed by atoms with van der Waals surface area (Å²) in [5, 5.41) is 12.1. The van der Waals surface area contributed by atoms with Crippen molar-refractivity contribution in [2.75, 3.05) is 0 Å². The Morgan fingerprint density at radius 2 is 1.95 bits per heavy atom. The summed E-state index contributed by atoms with van der Waals surface area (Å²) in [4.78, 5) is 0. The van der Waals surface area contributed by atoms with Gasteiger partial charge in [0.1, 0.15) is 0 Å². The average molecular weight is 273 g/mol. The van der Waals surface area contributed by atoms with Gasteiger partial charge in [-0.15, -0.1) is 0 Å². The van der Waals surface area contributed by atoms with Crippen molar-refractivity contribution in [3.05, 3.63) is 35.4 Å². The van der Waals surface area contributed by atoms with E-state index in [0.717, 1.165) is 37.8 Å². The molecule has 0 unspecified atom stereocenters. The van der Waals surface area contributed by atoms with Gasteiger partial charge >= 0.3 is 6.18 Å². The first-order valence-electron chi connectivity index (χ1n) is 6.37. The number of halogens is 3. The molecule has 0 aromatic heterocycles. The number of oxime groups is 1. The van der Waals surface area contributed by atoms with Crippen molar-refractivity contribution in [1.29, 1.82) is 0 Å². The molecular weight excluding hydrogens is 255 g/mol. The topological polar surface area (TPSA) is 32.6 Å². The monoisotopic (exact) mass is 273 g/mol. The van der Waals surface area contributed by atoms with Crippen LogP contribution in [0.5, 0.6) is 0 Å². The predicted octanol–water partition coefficient (Wildman–Crippen LogP) is 4.85. The van der Waals surface area contributed by atoms with Crippen molar-refractivity contribution in [3.8, 4) is 0 Å². The second-order valence-electron chi connectivity index (χ2n) is 4.44. The van der Waals surface area contributed by atoms with Gasteiger partial charge in [-0.1, -0.05) is 43.5 Å². The molecule has 0 atom stereocenters. The van der Waals surface area contributed by atoms with Crippen LogP contribution in [-0.2, 0) is 6.18 Å². The molecule has 0 aliphatic rings. The lowest BCUT2D eigenvalue weighted by atomic mass is 10.0. The van der Waals surface area contributed by atoms with E-state index in [2.05, 4.69) is 12.1 Å². The highest BCUT2D eigenvalue weighted by atomic mass is 19.4. The molecule has 0 saturated carbocycles. The van der Waals surface area contributed by atoms with Gasteiger partial charge in [0.05, 0.1) is 11.3 Å². The Morgan fingerprint density at radius 1 is 1.21 bits per heavy atom. The molecular formula is C14H18F3NO. The van der Waals surface area contributed by atoms with Crippen molar-refractivity contribution in [1.82, 2.24) is 0 Å². The first-order chi connectivity index (χ1) is 8.99. The second kappa shape index (κ2) is 7.16. The normalized spacial score (nSPS) is 12.7. The van der Waals surface area contributed by atoms with Crippen molar-refractivity contribution in [2.24, 2.45) is 5.16 Å². The molecule has 0 aliphatic heterocycles. The minimum absolute atomic E-state index is 0.308. The molecule has 106 valence electrons. The van der Waals surface area contributed by atoms with Crippen LogP contribution in [0.25, 0.3) is 0 Å². The predicted molar refractivity (Wildman–Crippen MR) is 68.5 cm³/mol. The van der Waals surface area contributed by atoms with Gasteiger partial charge in [-0.25, -0.2) is 0 Å². The quantitative estimate of drug-likeness (QED) is 0.341. The Morgan fingerprint density at radius 3 is 2.53 bits per heavy atom. The van der Waals surface area contributed by atoms with E-state index >= 15 is 0 Å². The highest BCUT2D eigenvalue weighted by molar-refractivity contribution is 6.00. The molecule has 0 radical (unpaired) electrons. The van der Waals surface area contributed by atoms with E-state index in [0.29, 0.717) is 17.7 Å². The third kappa shape index (κ3) is 4.93. The summed E-state index contributed by atoms with van der Waals surface area (Å²) < 4.78 is 37.8. The van der Waals surface area contributed by atoms with E-state index in [-0.39, 0.29) is 0 Å². The van der Waals surface area contributed by atoms with Crippen molar-refractivity contribution in [2.45, 2.75) is 45.2 Å². The zero-order valence-electron chi connectivity index (χ0n) is 10.9. The summed E-state index contributed by atoms with van der Waals surface area (Å²) in [7, 11) is 0. The van der Waals surface area contributed by atoms with Gasteiger partial charge in [-0.2, -0.15) is 13.2 Å². The fraction of sp³-hybridized carbons (Fsp3) is 0.500. The Balaban J connectivity index is 2.77. The number of benzene rings is 1. The summed E-state index contributed by atoms with van der Waals surface area (Å²) in [6.07, 6.45) is 0.0466. The average Bonchev–Trinajstić information content (AvgIpc) is 2.38. The van der Waals surface area contributed by atoms with Gasteiger partial charge in [0.15, 0.2) is 0 Å². The summed E-state index contributed by atoms with van der Waals surface area (Å²) in [5.74, 6) is 0. The number of nitrogens with zero attached hydrogens (tertiary/aromatic N) is 1. The van der Waals surface area contributed by atoms with Gasteiger partial charge in [-0.3, -0.25) is 0 Å². The summed E-state index contributed by atoms with van der Waals surface area (Å²) in [6, 6.07) is 4.89. The van der Waals surface area contributed by atoms with Crippen molar-refractivity contribution < 1.29 is 18.4 Å². The number of alkyl halides is 3. The van der Waals surface area contributed by atoms with E-state index in [4.69, 9.17) is 5.21 Å². The molecule has 0 fully saturated rings. The Labute approximate surface area is 110 Å². The third-order valence-electron chi connectivity index (χ3n) is 2.91. The SMILES string of the molecule is CCCCCC/C(=N\O)c1cccc(C(F)(F)F)c1. The first kappa shape index (κ1) is 15.5. The molecule has 0 spiro atoms. The van der Waals surface area contributed by atoms with Crippen LogP contribution < -0.4 is 0 Å². The zero-order valence-corrected chi connectivity index (χ0v) is 10.9. The second-order valence-corrected chi connectivity index (χ2v) is 4.44. The Hall–Kier alpha value is -1.52. The number of hydrogen-bond donors (Lipinski definition) is 1. The molecule has 0 saturated heterocycles. The molecule has 0 aliphatic carbocycles. The minimum atomic E-state index is -4.38. The smallest absolute Gasteiger partial charge is 0.411 e. The molecule has 19 heavy (non-hydrogen) atoms. The number of unbranched alkanes of at least 4 members (excludes halogenated alkanes) is 3. The fourth-order valence-electron chi connectivity index (χ4n) is 1.85. The van der Waals surface area contributed by atoms with Crippen LogP contribution in [0.1, 0.15) is 50.2 Å². The highest BCUT2D eigenvalue weighted by Crippen LogP contribution is 2.29. The molecule has 5 heteroatoms. The maximum absolute atomic E-state index is 12.6. The molecule has 1 aromatic carbocycles. The summed E-state index contributed by atoms with van der Waals surface area (Å²) >= 11 is 0. The molecule has 1 aromatic rings. The lowest BCUT2D eigenvalue weighted by Gasteiger charge is -2.09. The van der Waals surface area contributed by atoms with E-state index < -0.39 is 11.7 Å². The molecule has 1 N–H and O–H groups in total. The summed E-state index contributed by atoms with van der Waals surface area (Å²) in [6.45, 7) is 2.08. The molecule has 0 heterocycles. The zero-order chi connectivity index (χ0) is 14.3. The van der Waals surface area contributed by atoms with E-state index in [9.17, 15) is 13.2 Å². The third-order valence-corrected chi connectivity index (χ3v) is 2.91. The molecule has 0 bridgehead atoms. The van der Waals surface area contributed by atoms with Crippen LogP contribution in [-0.4, -0.2) is 10.9 Å². The number of rotatable bonds is 6. The lowest BCUT2D eigenvalue weighted by molar-refractivity contribution is -0.137. The Bertz CT molecular complexity index is 427. The maximum Gasteiger partial charge on any atom is 0.416 e. The van der Waals surface area contributed by atoms with Crippen molar-refractivity contribution in [3.63, 3.8) is 0 Å². The standard InChI is InChI=1S/C14H18F3NO/c1-2-3-4-5-9-13(18-19)11-7-6-8-12(10-11)14(15,16)17/h6-8,10,19H,2-5,9H2,1H3/b18-13+. The number of hydrogen-bond acceptors (Lipinski definition) is 2. The highest BCUT2D eigenvalue weighted by Gasteiger charge is 2.30. The van der Waals surface area contributed by atoms with Crippen LogP contribution in [0, 0.1) is 0 Å². The fourth-order valence-corrected chi connectivity index (χ4v) is 1.85. The Kier molecular flexibility index (Phi) is 5.86. The van der Waals surface area contributed by atoms with Gasteiger partial charge < -0.3 is 5.21 Å². The van der Waals surface area contributed by atoms with Crippen molar-refractivity contribution >= 4 is 5.71 Å².